The summed E-state index contributed by atoms with van der Waals surface area (Å²) in [5.41, 5.74) is 2.51. The zero-order valence-electron chi connectivity index (χ0n) is 9.96. The number of hydrogen-bond acceptors (Lipinski definition) is 4. The second kappa shape index (κ2) is 5.32. The number of hydrogen-bond donors (Lipinski definition) is 1. The molecule has 0 spiro atoms. The zero-order valence-corrected chi connectivity index (χ0v) is 10.8. The molecule has 0 aliphatic rings. The molecular weight excluding hydrogens is 252 g/mol. The largest absolute Gasteiger partial charge is 0.472 e. The van der Waals surface area contributed by atoms with Crippen LogP contribution in [0.4, 0.5) is 0 Å². The van der Waals surface area contributed by atoms with Crippen LogP contribution in [-0.2, 0) is 16.6 Å². The van der Waals surface area contributed by atoms with E-state index in [2.05, 4.69) is 9.71 Å². The molecule has 0 fully saturated rings. The number of sulfonamides is 1. The summed E-state index contributed by atoms with van der Waals surface area (Å²) in [5, 5.41) is 0. The highest BCUT2D eigenvalue weighted by Gasteiger charge is 2.06. The molecule has 0 saturated carbocycles. The highest BCUT2D eigenvalue weighted by molar-refractivity contribution is 7.89. The van der Waals surface area contributed by atoms with Gasteiger partial charge in [0.1, 0.15) is 0 Å². The molecule has 0 amide bonds. The first kappa shape index (κ1) is 12.8. The molecule has 2 aromatic rings. The van der Waals surface area contributed by atoms with Crippen LogP contribution in [0.15, 0.2) is 41.3 Å². The van der Waals surface area contributed by atoms with Gasteiger partial charge in [0.05, 0.1) is 24.0 Å². The van der Waals surface area contributed by atoms with Crippen LogP contribution in [0.1, 0.15) is 12.5 Å². The van der Waals surface area contributed by atoms with Gasteiger partial charge in [0.15, 0.2) is 0 Å². The minimum absolute atomic E-state index is 0.0769. The SMILES string of the molecule is CCS(=O)(=O)NCc1ccc(-c2ccoc2)nc1. The van der Waals surface area contributed by atoms with Gasteiger partial charge in [0, 0.05) is 18.3 Å². The Morgan fingerprint density at radius 1 is 1.33 bits per heavy atom. The quantitative estimate of drug-likeness (QED) is 0.895. The average Bonchev–Trinajstić information content (AvgIpc) is 2.91. The van der Waals surface area contributed by atoms with Crippen molar-refractivity contribution in [2.45, 2.75) is 13.5 Å². The van der Waals surface area contributed by atoms with E-state index in [9.17, 15) is 8.42 Å². The van der Waals surface area contributed by atoms with Crippen molar-refractivity contribution in [2.75, 3.05) is 5.75 Å². The van der Waals surface area contributed by atoms with Gasteiger partial charge < -0.3 is 4.42 Å². The van der Waals surface area contributed by atoms with Crippen LogP contribution in [0.25, 0.3) is 11.3 Å². The summed E-state index contributed by atoms with van der Waals surface area (Å²) < 4.78 is 30.0. The lowest BCUT2D eigenvalue weighted by molar-refractivity contribution is 0.568. The van der Waals surface area contributed by atoms with Gasteiger partial charge in [-0.05, 0) is 24.6 Å². The third-order valence-corrected chi connectivity index (χ3v) is 3.86. The molecule has 6 heteroatoms. The van der Waals surface area contributed by atoms with Crippen molar-refractivity contribution in [1.29, 1.82) is 0 Å². The predicted molar refractivity (Wildman–Crippen MR) is 68.2 cm³/mol. The van der Waals surface area contributed by atoms with Gasteiger partial charge in [-0.3, -0.25) is 4.98 Å². The Morgan fingerprint density at radius 2 is 2.17 bits per heavy atom. The van der Waals surface area contributed by atoms with Crippen molar-refractivity contribution >= 4 is 10.0 Å². The van der Waals surface area contributed by atoms with Gasteiger partial charge >= 0.3 is 0 Å². The Balaban J connectivity index is 2.05. The lowest BCUT2D eigenvalue weighted by Gasteiger charge is -2.04. The molecule has 0 aliphatic carbocycles. The van der Waals surface area contributed by atoms with Crippen LogP contribution in [-0.4, -0.2) is 19.2 Å². The zero-order chi connectivity index (χ0) is 13.0. The molecule has 2 rings (SSSR count). The minimum atomic E-state index is -3.16. The maximum absolute atomic E-state index is 11.3. The summed E-state index contributed by atoms with van der Waals surface area (Å²) in [7, 11) is -3.16. The van der Waals surface area contributed by atoms with Crippen LogP contribution in [0, 0.1) is 0 Å². The van der Waals surface area contributed by atoms with Gasteiger partial charge in [-0.2, -0.15) is 0 Å². The first-order valence-corrected chi connectivity index (χ1v) is 7.21. The van der Waals surface area contributed by atoms with E-state index in [0.29, 0.717) is 0 Å². The van der Waals surface area contributed by atoms with Crippen molar-refractivity contribution < 1.29 is 12.8 Å². The van der Waals surface area contributed by atoms with Crippen molar-refractivity contribution in [2.24, 2.45) is 0 Å². The second-order valence-electron chi connectivity index (χ2n) is 3.79. The fourth-order valence-corrected chi connectivity index (χ4v) is 2.00. The number of nitrogens with zero attached hydrogens (tertiary/aromatic N) is 1. The Hall–Kier alpha value is -1.66. The molecule has 0 aromatic carbocycles. The van der Waals surface area contributed by atoms with Crippen molar-refractivity contribution in [3.63, 3.8) is 0 Å². The van der Waals surface area contributed by atoms with Gasteiger partial charge in [0.2, 0.25) is 10.0 Å². The molecule has 0 saturated heterocycles. The molecule has 2 heterocycles. The van der Waals surface area contributed by atoms with E-state index in [0.717, 1.165) is 16.8 Å². The molecule has 2 aromatic heterocycles. The number of rotatable bonds is 5. The Bertz CT molecular complexity index is 589. The summed E-state index contributed by atoms with van der Waals surface area (Å²) in [4.78, 5) is 4.25. The fourth-order valence-electron chi connectivity index (χ4n) is 1.41. The predicted octanol–water partition coefficient (Wildman–Crippen LogP) is 1.78. The van der Waals surface area contributed by atoms with E-state index in [4.69, 9.17) is 4.42 Å². The van der Waals surface area contributed by atoms with Crippen LogP contribution < -0.4 is 4.72 Å². The molecular formula is C12H14N2O3S. The lowest BCUT2D eigenvalue weighted by atomic mass is 10.2. The summed E-state index contributed by atoms with van der Waals surface area (Å²) in [6.07, 6.45) is 4.85. The summed E-state index contributed by atoms with van der Waals surface area (Å²) in [6, 6.07) is 5.50. The topological polar surface area (TPSA) is 72.2 Å². The molecule has 18 heavy (non-hydrogen) atoms. The van der Waals surface area contributed by atoms with E-state index >= 15 is 0 Å². The monoisotopic (exact) mass is 266 g/mol. The van der Waals surface area contributed by atoms with Crippen LogP contribution >= 0.6 is 0 Å². The number of furan rings is 1. The molecule has 0 atom stereocenters. The van der Waals surface area contributed by atoms with Crippen molar-refractivity contribution in [3.8, 4) is 11.3 Å². The van der Waals surface area contributed by atoms with Crippen LogP contribution in [0.2, 0.25) is 0 Å². The molecule has 5 nitrogen and oxygen atoms in total. The Morgan fingerprint density at radius 3 is 2.72 bits per heavy atom. The summed E-state index contributed by atoms with van der Waals surface area (Å²) in [5.74, 6) is 0.0769. The third-order valence-electron chi connectivity index (χ3n) is 2.52. The first-order chi connectivity index (χ1) is 8.61. The van der Waals surface area contributed by atoms with E-state index in [1.165, 1.54) is 0 Å². The maximum Gasteiger partial charge on any atom is 0.211 e. The summed E-state index contributed by atoms with van der Waals surface area (Å²) in [6.45, 7) is 1.86. The van der Waals surface area contributed by atoms with Crippen molar-refractivity contribution in [1.82, 2.24) is 9.71 Å². The van der Waals surface area contributed by atoms with E-state index in [1.807, 2.05) is 18.2 Å². The normalized spacial score (nSPS) is 11.6. The van der Waals surface area contributed by atoms with Gasteiger partial charge in [0.25, 0.3) is 0 Å². The van der Waals surface area contributed by atoms with E-state index in [1.54, 1.807) is 25.6 Å². The highest BCUT2D eigenvalue weighted by atomic mass is 32.2. The highest BCUT2D eigenvalue weighted by Crippen LogP contribution is 2.16. The van der Waals surface area contributed by atoms with E-state index in [-0.39, 0.29) is 12.3 Å². The van der Waals surface area contributed by atoms with Gasteiger partial charge in [-0.25, -0.2) is 13.1 Å². The maximum atomic E-state index is 11.3. The number of pyridine rings is 1. The molecule has 0 bridgehead atoms. The first-order valence-electron chi connectivity index (χ1n) is 5.55. The van der Waals surface area contributed by atoms with Gasteiger partial charge in [-0.15, -0.1) is 0 Å². The third kappa shape index (κ3) is 3.18. The fraction of sp³-hybridized carbons (Fsp3) is 0.250. The Labute approximate surface area is 106 Å². The number of nitrogens with one attached hydrogen (secondary N) is 1. The van der Waals surface area contributed by atoms with Gasteiger partial charge in [-0.1, -0.05) is 6.07 Å². The minimum Gasteiger partial charge on any atom is -0.472 e. The smallest absolute Gasteiger partial charge is 0.211 e. The van der Waals surface area contributed by atoms with Crippen LogP contribution in [0.3, 0.4) is 0 Å². The Kier molecular flexibility index (Phi) is 3.78. The molecule has 0 aliphatic heterocycles. The molecule has 96 valence electrons. The van der Waals surface area contributed by atoms with Crippen molar-refractivity contribution in [3.05, 3.63) is 42.5 Å². The molecule has 1 N–H and O–H groups in total. The molecule has 0 radical (unpaired) electrons. The number of aromatic nitrogens is 1. The average molecular weight is 266 g/mol. The molecule has 0 unspecified atom stereocenters. The van der Waals surface area contributed by atoms with Crippen LogP contribution in [0.5, 0.6) is 0 Å². The van der Waals surface area contributed by atoms with E-state index < -0.39 is 10.0 Å². The second-order valence-corrected chi connectivity index (χ2v) is 5.88. The standard InChI is InChI=1S/C12H14N2O3S/c1-2-18(15,16)14-8-10-3-4-12(13-7-10)11-5-6-17-9-11/h3-7,9,14H,2,8H2,1H3. The lowest BCUT2D eigenvalue weighted by Crippen LogP contribution is -2.24. The summed E-state index contributed by atoms with van der Waals surface area (Å²) >= 11 is 0.